The zero-order chi connectivity index (χ0) is 19.7. The van der Waals surface area contributed by atoms with Crippen LogP contribution in [-0.2, 0) is 22.7 Å². The van der Waals surface area contributed by atoms with Crippen molar-refractivity contribution in [3.8, 4) is 5.69 Å². The lowest BCUT2D eigenvalue weighted by Gasteiger charge is -2.11. The van der Waals surface area contributed by atoms with Crippen LogP contribution < -0.4 is 5.32 Å². The number of fused-ring (bicyclic) bond motifs is 1. The summed E-state index contributed by atoms with van der Waals surface area (Å²) >= 11 is 7.86. The molecule has 0 unspecified atom stereocenters. The van der Waals surface area contributed by atoms with Gasteiger partial charge in [0.25, 0.3) is 5.69 Å². The third-order valence-corrected chi connectivity index (χ3v) is 5.58. The molecule has 9 heteroatoms. The van der Waals surface area contributed by atoms with Gasteiger partial charge in [0.2, 0.25) is 5.91 Å². The molecule has 0 fully saturated rings. The Morgan fingerprint density at radius 2 is 2.04 bits per heavy atom. The quantitative estimate of drug-likeness (QED) is 0.494. The number of nitrogens with one attached hydrogen (secondary N) is 1. The predicted molar refractivity (Wildman–Crippen MR) is 109 cm³/mol. The van der Waals surface area contributed by atoms with Crippen LogP contribution in [0, 0.1) is 10.1 Å². The summed E-state index contributed by atoms with van der Waals surface area (Å²) in [4.78, 5) is 22.9. The van der Waals surface area contributed by atoms with Crippen LogP contribution in [0.4, 0.5) is 11.5 Å². The van der Waals surface area contributed by atoms with Crippen molar-refractivity contribution >= 4 is 40.8 Å². The first kappa shape index (κ1) is 18.5. The molecule has 2 heterocycles. The summed E-state index contributed by atoms with van der Waals surface area (Å²) in [5.74, 6) is 2.02. The van der Waals surface area contributed by atoms with Gasteiger partial charge in [-0.1, -0.05) is 29.8 Å². The maximum absolute atomic E-state index is 12.6. The molecule has 3 aromatic rings. The van der Waals surface area contributed by atoms with Gasteiger partial charge in [-0.05, 0) is 23.8 Å². The van der Waals surface area contributed by atoms with E-state index in [0.29, 0.717) is 16.4 Å². The third kappa shape index (κ3) is 3.74. The number of hydrogen-bond acceptors (Lipinski definition) is 5. The molecule has 0 saturated heterocycles. The Balaban J connectivity index is 1.58. The molecule has 0 bridgehead atoms. The van der Waals surface area contributed by atoms with E-state index >= 15 is 0 Å². The summed E-state index contributed by atoms with van der Waals surface area (Å²) < 4.78 is 1.71. The van der Waals surface area contributed by atoms with Crippen molar-refractivity contribution in [1.29, 1.82) is 0 Å². The Morgan fingerprint density at radius 3 is 2.75 bits per heavy atom. The van der Waals surface area contributed by atoms with Gasteiger partial charge in [0.15, 0.2) is 0 Å². The number of hydrogen-bond donors (Lipinski definition) is 1. The fourth-order valence-electron chi connectivity index (χ4n) is 3.03. The monoisotopic (exact) mass is 414 g/mol. The van der Waals surface area contributed by atoms with Crippen LogP contribution in [0.15, 0.2) is 48.5 Å². The van der Waals surface area contributed by atoms with Crippen molar-refractivity contribution in [2.24, 2.45) is 0 Å². The fourth-order valence-corrected chi connectivity index (χ4v) is 4.25. The normalized spacial score (nSPS) is 12.6. The second kappa shape index (κ2) is 7.65. The number of benzene rings is 2. The lowest BCUT2D eigenvalue weighted by atomic mass is 10.1. The number of nitro groups is 1. The van der Waals surface area contributed by atoms with Gasteiger partial charge < -0.3 is 5.32 Å². The van der Waals surface area contributed by atoms with Gasteiger partial charge >= 0.3 is 0 Å². The molecule has 4 rings (SSSR count). The first-order chi connectivity index (χ1) is 13.5. The highest BCUT2D eigenvalue weighted by Crippen LogP contribution is 2.36. The van der Waals surface area contributed by atoms with E-state index in [9.17, 15) is 14.9 Å². The summed E-state index contributed by atoms with van der Waals surface area (Å²) in [6.07, 6.45) is 0.112. The van der Waals surface area contributed by atoms with Crippen molar-refractivity contribution < 1.29 is 9.72 Å². The molecule has 142 valence electrons. The van der Waals surface area contributed by atoms with Crippen LogP contribution in [0.5, 0.6) is 0 Å². The zero-order valence-electron chi connectivity index (χ0n) is 14.6. The molecule has 1 aliphatic heterocycles. The van der Waals surface area contributed by atoms with Crippen molar-refractivity contribution in [3.63, 3.8) is 0 Å². The molecule has 0 atom stereocenters. The highest BCUT2D eigenvalue weighted by Gasteiger charge is 2.24. The first-order valence-electron chi connectivity index (χ1n) is 8.49. The van der Waals surface area contributed by atoms with E-state index in [4.69, 9.17) is 11.6 Å². The minimum Gasteiger partial charge on any atom is -0.310 e. The molecule has 1 aromatic heterocycles. The van der Waals surface area contributed by atoms with Gasteiger partial charge in [0.1, 0.15) is 5.82 Å². The van der Waals surface area contributed by atoms with E-state index < -0.39 is 4.92 Å². The summed E-state index contributed by atoms with van der Waals surface area (Å²) in [6.45, 7) is 0. The molecule has 0 radical (unpaired) electrons. The van der Waals surface area contributed by atoms with Crippen LogP contribution in [-0.4, -0.2) is 20.6 Å². The van der Waals surface area contributed by atoms with Crippen LogP contribution in [0.25, 0.3) is 5.69 Å². The van der Waals surface area contributed by atoms with Gasteiger partial charge in [-0.15, -0.1) is 0 Å². The maximum Gasteiger partial charge on any atom is 0.269 e. The number of thioether (sulfide) groups is 1. The minimum absolute atomic E-state index is 0.00182. The maximum atomic E-state index is 12.6. The van der Waals surface area contributed by atoms with Gasteiger partial charge in [0.05, 0.1) is 22.7 Å². The number of amides is 1. The average molecular weight is 415 g/mol. The van der Waals surface area contributed by atoms with E-state index in [1.54, 1.807) is 40.7 Å². The van der Waals surface area contributed by atoms with Crippen LogP contribution in [0.1, 0.15) is 16.8 Å². The summed E-state index contributed by atoms with van der Waals surface area (Å²) in [5.41, 5.74) is 3.44. The number of rotatable bonds is 5. The van der Waals surface area contributed by atoms with E-state index in [2.05, 4.69) is 10.4 Å². The Morgan fingerprint density at radius 1 is 1.25 bits per heavy atom. The SMILES string of the molecule is O=C(Cc1ccc([N+](=O)[O-])cc1)Nc1c2c(nn1-c1cccc(Cl)c1)CSC2. The van der Waals surface area contributed by atoms with E-state index in [-0.39, 0.29) is 18.0 Å². The molecule has 0 aliphatic carbocycles. The molecular weight excluding hydrogens is 400 g/mol. The highest BCUT2D eigenvalue weighted by atomic mass is 35.5. The smallest absolute Gasteiger partial charge is 0.269 e. The Bertz CT molecular complexity index is 1070. The fraction of sp³-hybridized carbons (Fsp3) is 0.158. The highest BCUT2D eigenvalue weighted by molar-refractivity contribution is 7.98. The number of halogens is 1. The standard InChI is InChI=1S/C19H15ClN4O3S/c20-13-2-1-3-15(9-13)23-19(16-10-28-11-17(16)22-23)21-18(25)8-12-4-6-14(7-5-12)24(26)27/h1-7,9H,8,10-11H2,(H,21,25). The average Bonchev–Trinajstić information content (AvgIpc) is 3.25. The molecule has 7 nitrogen and oxygen atoms in total. The van der Waals surface area contributed by atoms with Crippen LogP contribution in [0.3, 0.4) is 0 Å². The summed E-state index contributed by atoms with van der Waals surface area (Å²) in [5, 5.41) is 19.0. The zero-order valence-corrected chi connectivity index (χ0v) is 16.2. The first-order valence-corrected chi connectivity index (χ1v) is 10.0. The number of nitro benzene ring substituents is 1. The Labute approximate surface area is 169 Å². The number of nitrogens with zero attached hydrogens (tertiary/aromatic N) is 3. The van der Waals surface area contributed by atoms with Crippen molar-refractivity contribution in [1.82, 2.24) is 9.78 Å². The second-order valence-corrected chi connectivity index (χ2v) is 7.73. The van der Waals surface area contributed by atoms with Gasteiger partial charge in [-0.3, -0.25) is 14.9 Å². The molecule has 1 aliphatic rings. The van der Waals surface area contributed by atoms with Gasteiger partial charge in [0, 0.05) is 34.2 Å². The second-order valence-electron chi connectivity index (χ2n) is 6.31. The largest absolute Gasteiger partial charge is 0.310 e. The molecule has 1 amide bonds. The molecule has 0 saturated carbocycles. The minimum atomic E-state index is -0.464. The molecule has 2 aromatic carbocycles. The van der Waals surface area contributed by atoms with E-state index in [1.807, 2.05) is 12.1 Å². The number of non-ortho nitro benzene ring substituents is 1. The molecule has 1 N–H and O–H groups in total. The van der Waals surface area contributed by atoms with Crippen molar-refractivity contribution in [2.45, 2.75) is 17.9 Å². The lowest BCUT2D eigenvalue weighted by Crippen LogP contribution is -2.18. The number of carbonyl (C=O) groups excluding carboxylic acids is 1. The van der Waals surface area contributed by atoms with E-state index in [1.165, 1.54) is 12.1 Å². The summed E-state index contributed by atoms with van der Waals surface area (Å²) in [6, 6.07) is 13.3. The van der Waals surface area contributed by atoms with Crippen molar-refractivity contribution in [3.05, 3.63) is 80.5 Å². The van der Waals surface area contributed by atoms with Crippen LogP contribution >= 0.6 is 23.4 Å². The van der Waals surface area contributed by atoms with Crippen molar-refractivity contribution in [2.75, 3.05) is 5.32 Å². The summed E-state index contributed by atoms with van der Waals surface area (Å²) in [7, 11) is 0. The Kier molecular flexibility index (Phi) is 5.06. The van der Waals surface area contributed by atoms with Gasteiger partial charge in [-0.2, -0.15) is 16.9 Å². The number of carbonyl (C=O) groups is 1. The molecular formula is C19H15ClN4O3S. The molecule has 28 heavy (non-hydrogen) atoms. The number of anilines is 1. The number of aromatic nitrogens is 2. The van der Waals surface area contributed by atoms with E-state index in [0.717, 1.165) is 28.5 Å². The van der Waals surface area contributed by atoms with Crippen LogP contribution in [0.2, 0.25) is 5.02 Å². The molecule has 0 spiro atoms. The third-order valence-electron chi connectivity index (χ3n) is 4.37. The van der Waals surface area contributed by atoms with Gasteiger partial charge in [-0.25, -0.2) is 4.68 Å². The predicted octanol–water partition coefficient (Wildman–Crippen LogP) is 4.36. The lowest BCUT2D eigenvalue weighted by molar-refractivity contribution is -0.384. The Hall–Kier alpha value is -2.84. The topological polar surface area (TPSA) is 90.1 Å².